The summed E-state index contributed by atoms with van der Waals surface area (Å²) in [7, 11) is 0. The highest BCUT2D eigenvalue weighted by Gasteiger charge is 2.19. The lowest BCUT2D eigenvalue weighted by Crippen LogP contribution is -2.30. The lowest BCUT2D eigenvalue weighted by Gasteiger charge is -2.24. The van der Waals surface area contributed by atoms with E-state index in [9.17, 15) is 18.8 Å². The standard InChI is InChI=1S/C29H25N3O3S/c1-22-9-5-6-12-26(22)29(33)31(19-23-10-3-2-4-11-23)20-24-15-17-25(18-16-24)27-13-7-8-14-28(27)32(21-30)36(34)35/h2-18H,19-20H2,1H3,(H,34,35)/p-1. The molecule has 1 amide bonds. The molecule has 0 N–H and O–H groups in total. The van der Waals surface area contributed by atoms with Crippen molar-refractivity contribution in [1.29, 1.82) is 5.26 Å². The van der Waals surface area contributed by atoms with Crippen molar-refractivity contribution < 1.29 is 13.6 Å². The summed E-state index contributed by atoms with van der Waals surface area (Å²) in [6.07, 6.45) is 1.70. The van der Waals surface area contributed by atoms with Gasteiger partial charge in [0.2, 0.25) is 0 Å². The maximum atomic E-state index is 13.5. The molecular weight excluding hydrogens is 470 g/mol. The van der Waals surface area contributed by atoms with Gasteiger partial charge in [0.15, 0.2) is 6.19 Å². The Morgan fingerprint density at radius 3 is 2.06 bits per heavy atom. The summed E-state index contributed by atoms with van der Waals surface area (Å²) in [5, 5.41) is 9.30. The average Bonchev–Trinajstić information content (AvgIpc) is 2.90. The lowest BCUT2D eigenvalue weighted by atomic mass is 10.0. The number of benzene rings is 4. The number of nitrogens with zero attached hydrogens (tertiary/aromatic N) is 3. The Morgan fingerprint density at radius 2 is 1.42 bits per heavy atom. The number of nitriles is 1. The van der Waals surface area contributed by atoms with Crippen molar-refractivity contribution in [1.82, 2.24) is 4.90 Å². The number of aryl methyl sites for hydroxylation is 1. The van der Waals surface area contributed by atoms with Gasteiger partial charge in [0.05, 0.1) is 17.0 Å². The van der Waals surface area contributed by atoms with Gasteiger partial charge >= 0.3 is 0 Å². The van der Waals surface area contributed by atoms with Crippen LogP contribution in [-0.2, 0) is 24.4 Å². The SMILES string of the molecule is Cc1ccccc1C(=O)N(Cc1ccccc1)Cc1ccc(-c2ccccc2N(C#N)S(=O)[O-])cc1. The summed E-state index contributed by atoms with van der Waals surface area (Å²) < 4.78 is 23.7. The number of anilines is 1. The third-order valence-electron chi connectivity index (χ3n) is 5.88. The van der Waals surface area contributed by atoms with Crippen LogP contribution >= 0.6 is 0 Å². The van der Waals surface area contributed by atoms with E-state index in [0.717, 1.165) is 22.3 Å². The minimum atomic E-state index is -2.72. The molecule has 1 unspecified atom stereocenters. The lowest BCUT2D eigenvalue weighted by molar-refractivity contribution is 0.0729. The van der Waals surface area contributed by atoms with E-state index in [2.05, 4.69) is 0 Å². The van der Waals surface area contributed by atoms with Crippen molar-refractivity contribution in [2.24, 2.45) is 0 Å². The van der Waals surface area contributed by atoms with Crippen LogP contribution in [0.5, 0.6) is 0 Å². The monoisotopic (exact) mass is 494 g/mol. The van der Waals surface area contributed by atoms with E-state index in [-0.39, 0.29) is 11.6 Å². The summed E-state index contributed by atoms with van der Waals surface area (Å²) >= 11 is -2.72. The minimum Gasteiger partial charge on any atom is -0.754 e. The molecule has 0 saturated heterocycles. The third-order valence-corrected chi connectivity index (χ3v) is 6.46. The summed E-state index contributed by atoms with van der Waals surface area (Å²) in [6, 6.07) is 31.8. The second-order valence-electron chi connectivity index (χ2n) is 8.29. The zero-order chi connectivity index (χ0) is 25.5. The number of carbonyl (C=O) groups is 1. The first kappa shape index (κ1) is 24.9. The fraction of sp³-hybridized carbons (Fsp3) is 0.103. The topological polar surface area (TPSA) is 87.5 Å². The van der Waals surface area contributed by atoms with Crippen LogP contribution in [0.3, 0.4) is 0 Å². The van der Waals surface area contributed by atoms with Gasteiger partial charge in [0.25, 0.3) is 5.91 Å². The van der Waals surface area contributed by atoms with Crippen molar-refractivity contribution >= 4 is 22.9 Å². The maximum absolute atomic E-state index is 13.5. The summed E-state index contributed by atoms with van der Waals surface area (Å²) in [5.41, 5.74) is 5.21. The van der Waals surface area contributed by atoms with Crippen LogP contribution in [-0.4, -0.2) is 19.6 Å². The van der Waals surface area contributed by atoms with Crippen LogP contribution in [0.1, 0.15) is 27.0 Å². The van der Waals surface area contributed by atoms with E-state index < -0.39 is 11.3 Å². The van der Waals surface area contributed by atoms with Gasteiger partial charge in [0, 0.05) is 24.2 Å². The zero-order valence-corrected chi connectivity index (χ0v) is 20.5. The van der Waals surface area contributed by atoms with Crippen LogP contribution in [0.25, 0.3) is 11.1 Å². The summed E-state index contributed by atoms with van der Waals surface area (Å²) in [5.74, 6) is -0.0473. The van der Waals surface area contributed by atoms with Crippen LogP contribution in [0.4, 0.5) is 5.69 Å². The Morgan fingerprint density at radius 1 is 0.833 bits per heavy atom. The molecule has 1 atom stereocenters. The molecule has 0 aliphatic rings. The van der Waals surface area contributed by atoms with Crippen molar-refractivity contribution in [3.05, 3.63) is 125 Å². The molecule has 36 heavy (non-hydrogen) atoms. The first-order valence-corrected chi connectivity index (χ1v) is 12.4. The van der Waals surface area contributed by atoms with Gasteiger partial charge in [-0.05, 0) is 41.3 Å². The molecule has 0 aliphatic carbocycles. The Bertz CT molecular complexity index is 1420. The Balaban J connectivity index is 1.63. The summed E-state index contributed by atoms with van der Waals surface area (Å²) in [6.45, 7) is 2.80. The van der Waals surface area contributed by atoms with E-state index in [1.165, 1.54) is 0 Å². The fourth-order valence-electron chi connectivity index (χ4n) is 4.06. The molecule has 180 valence electrons. The van der Waals surface area contributed by atoms with E-state index in [4.69, 9.17) is 0 Å². The van der Waals surface area contributed by atoms with Crippen LogP contribution in [0.15, 0.2) is 103 Å². The van der Waals surface area contributed by atoms with Crippen LogP contribution in [0.2, 0.25) is 0 Å². The van der Waals surface area contributed by atoms with E-state index in [1.54, 1.807) is 30.5 Å². The number of para-hydroxylation sites is 1. The molecule has 0 aromatic heterocycles. The van der Waals surface area contributed by atoms with Gasteiger partial charge in [-0.2, -0.15) is 5.26 Å². The van der Waals surface area contributed by atoms with Crippen molar-refractivity contribution in [2.45, 2.75) is 20.0 Å². The minimum absolute atomic E-state index is 0.0473. The van der Waals surface area contributed by atoms with Gasteiger partial charge in [0.1, 0.15) is 0 Å². The van der Waals surface area contributed by atoms with E-state index >= 15 is 0 Å². The zero-order valence-electron chi connectivity index (χ0n) is 19.7. The quantitative estimate of drug-likeness (QED) is 0.182. The molecule has 6 nitrogen and oxygen atoms in total. The fourth-order valence-corrected chi connectivity index (χ4v) is 4.45. The van der Waals surface area contributed by atoms with E-state index in [1.807, 2.05) is 90.7 Å². The molecule has 0 saturated carbocycles. The van der Waals surface area contributed by atoms with Crippen molar-refractivity contribution in [3.8, 4) is 17.3 Å². The van der Waals surface area contributed by atoms with Gasteiger partial charge in [-0.15, -0.1) is 0 Å². The van der Waals surface area contributed by atoms with Crippen LogP contribution in [0, 0.1) is 18.4 Å². The Kier molecular flexibility index (Phi) is 7.91. The third kappa shape index (κ3) is 5.69. The smallest absolute Gasteiger partial charge is 0.254 e. The first-order chi connectivity index (χ1) is 17.5. The average molecular weight is 495 g/mol. The molecule has 4 rings (SSSR count). The van der Waals surface area contributed by atoms with Gasteiger partial charge in [-0.25, -0.2) is 4.31 Å². The summed E-state index contributed by atoms with van der Waals surface area (Å²) in [4.78, 5) is 15.3. The second kappa shape index (κ2) is 11.5. The molecule has 0 bridgehead atoms. The highest BCUT2D eigenvalue weighted by Crippen LogP contribution is 2.31. The van der Waals surface area contributed by atoms with Crippen molar-refractivity contribution in [3.63, 3.8) is 0 Å². The Labute approximate surface area is 213 Å². The number of hydrogen-bond acceptors (Lipinski definition) is 4. The highest BCUT2D eigenvalue weighted by atomic mass is 32.2. The molecule has 7 heteroatoms. The van der Waals surface area contributed by atoms with E-state index in [0.29, 0.717) is 28.5 Å². The predicted molar refractivity (Wildman–Crippen MR) is 140 cm³/mol. The second-order valence-corrected chi connectivity index (χ2v) is 9.09. The largest absolute Gasteiger partial charge is 0.754 e. The molecule has 0 spiro atoms. The first-order valence-electron chi connectivity index (χ1n) is 11.3. The van der Waals surface area contributed by atoms with Crippen LogP contribution < -0.4 is 4.31 Å². The molecule has 4 aromatic rings. The van der Waals surface area contributed by atoms with Gasteiger partial charge < -0.3 is 9.45 Å². The molecular formula is C29H24N3O3S-. The molecule has 0 heterocycles. The molecule has 0 radical (unpaired) electrons. The normalized spacial score (nSPS) is 11.4. The highest BCUT2D eigenvalue weighted by molar-refractivity contribution is 7.80. The molecule has 0 aliphatic heterocycles. The number of amides is 1. The van der Waals surface area contributed by atoms with Gasteiger partial charge in [-0.3, -0.25) is 9.00 Å². The molecule has 0 fully saturated rings. The number of carbonyl (C=O) groups excluding carboxylic acids is 1. The predicted octanol–water partition coefficient (Wildman–Crippen LogP) is 5.59. The number of rotatable bonds is 8. The Hall–Kier alpha value is -4.25. The molecule has 4 aromatic carbocycles. The van der Waals surface area contributed by atoms with Gasteiger partial charge in [-0.1, -0.05) is 91.0 Å². The maximum Gasteiger partial charge on any atom is 0.254 e. The number of hydrogen-bond donors (Lipinski definition) is 0. The van der Waals surface area contributed by atoms with Crippen molar-refractivity contribution in [2.75, 3.05) is 4.31 Å².